The summed E-state index contributed by atoms with van der Waals surface area (Å²) < 4.78 is 0.528. The molecule has 1 aliphatic rings. The number of benzene rings is 1. The van der Waals surface area contributed by atoms with E-state index in [1.165, 1.54) is 6.07 Å². The average Bonchev–Trinajstić information content (AvgIpc) is 2.48. The standard InChI is InChI=1S/C13H16BrN3O3/c14-9-5-4-8(7-11(9)18)13(19)17-6-2-1-3-10(17)12(15)16-20/h4-5,7,10,18,20H,1-3,6H2,(H2,15,16). The molecule has 1 atom stereocenters. The van der Waals surface area contributed by atoms with E-state index < -0.39 is 6.04 Å². The van der Waals surface area contributed by atoms with Crippen LogP contribution in [0.4, 0.5) is 0 Å². The van der Waals surface area contributed by atoms with Crippen molar-refractivity contribution in [3.63, 3.8) is 0 Å². The fraction of sp³-hybridized carbons (Fsp3) is 0.385. The van der Waals surface area contributed by atoms with Crippen molar-refractivity contribution in [3.8, 4) is 5.75 Å². The molecule has 20 heavy (non-hydrogen) atoms. The third-order valence-electron chi connectivity index (χ3n) is 3.41. The van der Waals surface area contributed by atoms with E-state index in [-0.39, 0.29) is 17.5 Å². The summed E-state index contributed by atoms with van der Waals surface area (Å²) in [4.78, 5) is 14.1. The molecule has 0 spiro atoms. The molecule has 1 aromatic carbocycles. The van der Waals surface area contributed by atoms with Crippen LogP contribution in [0.3, 0.4) is 0 Å². The number of carbonyl (C=O) groups excluding carboxylic acids is 1. The summed E-state index contributed by atoms with van der Waals surface area (Å²) in [5.74, 6) is -0.184. The van der Waals surface area contributed by atoms with E-state index in [1.54, 1.807) is 17.0 Å². The maximum atomic E-state index is 12.5. The Kier molecular flexibility index (Phi) is 4.49. The third-order valence-corrected chi connectivity index (χ3v) is 4.08. The number of amides is 1. The molecule has 1 amide bonds. The molecule has 0 saturated carbocycles. The van der Waals surface area contributed by atoms with Gasteiger partial charge in [0.2, 0.25) is 0 Å². The molecule has 1 fully saturated rings. The Morgan fingerprint density at radius 2 is 2.20 bits per heavy atom. The summed E-state index contributed by atoms with van der Waals surface area (Å²) in [5, 5.41) is 21.5. The first-order valence-corrected chi connectivity index (χ1v) is 7.10. The van der Waals surface area contributed by atoms with E-state index in [0.29, 0.717) is 23.0 Å². The second kappa shape index (κ2) is 6.13. The van der Waals surface area contributed by atoms with Crippen LogP contribution < -0.4 is 5.73 Å². The lowest BCUT2D eigenvalue weighted by atomic mass is 10.00. The third kappa shape index (κ3) is 2.87. The molecule has 2 rings (SSSR count). The van der Waals surface area contributed by atoms with Crippen LogP contribution in [0, 0.1) is 0 Å². The Morgan fingerprint density at radius 3 is 2.85 bits per heavy atom. The fourth-order valence-corrected chi connectivity index (χ4v) is 2.61. The number of nitrogens with zero attached hydrogens (tertiary/aromatic N) is 2. The van der Waals surface area contributed by atoms with Crippen LogP contribution in [-0.4, -0.2) is 39.5 Å². The van der Waals surface area contributed by atoms with Crippen LogP contribution in [0.2, 0.25) is 0 Å². The van der Waals surface area contributed by atoms with Crippen LogP contribution in [-0.2, 0) is 0 Å². The van der Waals surface area contributed by atoms with Crippen molar-refractivity contribution < 1.29 is 15.1 Å². The Morgan fingerprint density at radius 1 is 1.45 bits per heavy atom. The lowest BCUT2D eigenvalue weighted by Gasteiger charge is -2.34. The van der Waals surface area contributed by atoms with Crippen LogP contribution in [0.1, 0.15) is 29.6 Å². The maximum Gasteiger partial charge on any atom is 0.254 e. The largest absolute Gasteiger partial charge is 0.507 e. The Bertz CT molecular complexity index is 548. The zero-order valence-electron chi connectivity index (χ0n) is 10.8. The highest BCUT2D eigenvalue weighted by Crippen LogP contribution is 2.26. The monoisotopic (exact) mass is 341 g/mol. The van der Waals surface area contributed by atoms with Gasteiger partial charge >= 0.3 is 0 Å². The van der Waals surface area contributed by atoms with Gasteiger partial charge in [0, 0.05) is 12.1 Å². The minimum Gasteiger partial charge on any atom is -0.507 e. The summed E-state index contributed by atoms with van der Waals surface area (Å²) in [6, 6.07) is 4.26. The number of oxime groups is 1. The van der Waals surface area contributed by atoms with Gasteiger partial charge in [0.25, 0.3) is 5.91 Å². The van der Waals surface area contributed by atoms with Gasteiger partial charge in [-0.15, -0.1) is 0 Å². The Hall–Kier alpha value is -1.76. The average molecular weight is 342 g/mol. The zero-order chi connectivity index (χ0) is 14.7. The first kappa shape index (κ1) is 14.6. The molecule has 1 unspecified atom stereocenters. The van der Waals surface area contributed by atoms with E-state index in [0.717, 1.165) is 12.8 Å². The first-order valence-electron chi connectivity index (χ1n) is 6.31. The Labute approximate surface area is 125 Å². The summed E-state index contributed by atoms with van der Waals surface area (Å²) in [6.45, 7) is 0.552. The molecule has 1 aromatic rings. The topological polar surface area (TPSA) is 99.2 Å². The molecule has 4 N–H and O–H groups in total. The molecular formula is C13H16BrN3O3. The predicted octanol–water partition coefficient (Wildman–Crippen LogP) is 1.90. The fourth-order valence-electron chi connectivity index (χ4n) is 2.36. The van der Waals surface area contributed by atoms with Gasteiger partial charge < -0.3 is 20.9 Å². The van der Waals surface area contributed by atoms with Gasteiger partial charge in [0.1, 0.15) is 5.75 Å². The number of phenols is 1. The Balaban J connectivity index is 2.27. The number of rotatable bonds is 2. The first-order chi connectivity index (χ1) is 9.54. The number of aromatic hydroxyl groups is 1. The molecule has 1 saturated heterocycles. The van der Waals surface area contributed by atoms with Gasteiger partial charge in [0.15, 0.2) is 5.84 Å². The van der Waals surface area contributed by atoms with Gasteiger partial charge in [-0.05, 0) is 53.4 Å². The van der Waals surface area contributed by atoms with Gasteiger partial charge in [-0.25, -0.2) is 0 Å². The number of piperidine rings is 1. The van der Waals surface area contributed by atoms with Gasteiger partial charge in [-0.2, -0.15) is 0 Å². The number of phenolic OH excluding ortho intramolecular Hbond substituents is 1. The lowest BCUT2D eigenvalue weighted by molar-refractivity contribution is 0.0676. The van der Waals surface area contributed by atoms with Crippen molar-refractivity contribution in [1.29, 1.82) is 0 Å². The predicted molar refractivity (Wildman–Crippen MR) is 77.9 cm³/mol. The zero-order valence-corrected chi connectivity index (χ0v) is 12.4. The van der Waals surface area contributed by atoms with Crippen molar-refractivity contribution in [2.45, 2.75) is 25.3 Å². The number of hydrogen-bond donors (Lipinski definition) is 3. The van der Waals surface area contributed by atoms with Crippen molar-refractivity contribution in [1.82, 2.24) is 4.90 Å². The summed E-state index contributed by atoms with van der Waals surface area (Å²) in [7, 11) is 0. The highest BCUT2D eigenvalue weighted by molar-refractivity contribution is 9.10. The van der Waals surface area contributed by atoms with Crippen LogP contribution in [0.25, 0.3) is 0 Å². The van der Waals surface area contributed by atoms with Crippen LogP contribution in [0.15, 0.2) is 27.8 Å². The molecule has 0 aliphatic carbocycles. The van der Waals surface area contributed by atoms with Gasteiger partial charge in [-0.3, -0.25) is 4.79 Å². The second-order valence-electron chi connectivity index (χ2n) is 4.70. The molecule has 0 radical (unpaired) electrons. The molecule has 7 heteroatoms. The molecule has 1 aliphatic heterocycles. The number of carbonyl (C=O) groups is 1. The summed E-state index contributed by atoms with van der Waals surface area (Å²) in [6.07, 6.45) is 2.48. The quantitative estimate of drug-likeness (QED) is 0.331. The number of likely N-dealkylation sites (tertiary alicyclic amines) is 1. The smallest absolute Gasteiger partial charge is 0.254 e. The van der Waals surface area contributed by atoms with E-state index in [9.17, 15) is 9.90 Å². The molecule has 0 bridgehead atoms. The van der Waals surface area contributed by atoms with Gasteiger partial charge in [0.05, 0.1) is 10.5 Å². The summed E-state index contributed by atoms with van der Waals surface area (Å²) >= 11 is 3.17. The van der Waals surface area contributed by atoms with Crippen LogP contribution in [0.5, 0.6) is 5.75 Å². The van der Waals surface area contributed by atoms with Crippen molar-refractivity contribution >= 4 is 27.7 Å². The minimum absolute atomic E-state index is 0.00760. The van der Waals surface area contributed by atoms with E-state index in [4.69, 9.17) is 10.9 Å². The highest BCUT2D eigenvalue weighted by Gasteiger charge is 2.30. The SMILES string of the molecule is N/C(=N/O)C1CCCCN1C(=O)c1ccc(Br)c(O)c1. The van der Waals surface area contributed by atoms with Crippen LogP contribution >= 0.6 is 15.9 Å². The number of nitrogens with two attached hydrogens (primary N) is 1. The van der Waals surface area contributed by atoms with E-state index in [1.807, 2.05) is 0 Å². The van der Waals surface area contributed by atoms with Crippen molar-refractivity contribution in [2.75, 3.05) is 6.54 Å². The molecule has 0 aromatic heterocycles. The number of halogens is 1. The molecular weight excluding hydrogens is 326 g/mol. The number of hydrogen-bond acceptors (Lipinski definition) is 4. The maximum absolute atomic E-state index is 12.5. The normalized spacial score (nSPS) is 19.9. The molecule has 6 nitrogen and oxygen atoms in total. The second-order valence-corrected chi connectivity index (χ2v) is 5.56. The molecule has 1 heterocycles. The molecule has 108 valence electrons. The highest BCUT2D eigenvalue weighted by atomic mass is 79.9. The van der Waals surface area contributed by atoms with Crippen molar-refractivity contribution in [2.24, 2.45) is 10.9 Å². The summed E-state index contributed by atoms with van der Waals surface area (Å²) in [5.41, 5.74) is 6.04. The lowest BCUT2D eigenvalue weighted by Crippen LogP contribution is -2.50. The van der Waals surface area contributed by atoms with E-state index >= 15 is 0 Å². The van der Waals surface area contributed by atoms with Gasteiger partial charge in [-0.1, -0.05) is 5.16 Å². The van der Waals surface area contributed by atoms with E-state index in [2.05, 4.69) is 21.1 Å². The number of amidine groups is 1. The van der Waals surface area contributed by atoms with Crippen molar-refractivity contribution in [3.05, 3.63) is 28.2 Å². The minimum atomic E-state index is -0.396.